The molecule has 5 heteroatoms. The van der Waals surface area contributed by atoms with E-state index in [4.69, 9.17) is 4.99 Å². The summed E-state index contributed by atoms with van der Waals surface area (Å²) in [4.78, 5) is 14.9. The van der Waals surface area contributed by atoms with Crippen molar-refractivity contribution in [2.75, 3.05) is 13.6 Å². The molecule has 5 nitrogen and oxygen atoms in total. The van der Waals surface area contributed by atoms with Crippen molar-refractivity contribution in [2.45, 2.75) is 19.3 Å². The number of guanidine groups is 1. The summed E-state index contributed by atoms with van der Waals surface area (Å²) in [6.07, 6.45) is 8.82. The highest BCUT2D eigenvalue weighted by Gasteiger charge is 2.19. The third-order valence-electron chi connectivity index (χ3n) is 5.09. The van der Waals surface area contributed by atoms with E-state index in [1.54, 1.807) is 6.20 Å². The van der Waals surface area contributed by atoms with Gasteiger partial charge in [-0.2, -0.15) is 0 Å². The fourth-order valence-electron chi connectivity index (χ4n) is 3.43. The van der Waals surface area contributed by atoms with E-state index in [1.807, 2.05) is 24.1 Å². The first-order valence-corrected chi connectivity index (χ1v) is 9.14. The highest BCUT2D eigenvalue weighted by molar-refractivity contribution is 5.93. The van der Waals surface area contributed by atoms with E-state index in [1.165, 1.54) is 42.3 Å². The van der Waals surface area contributed by atoms with Crippen LogP contribution in [0.5, 0.6) is 0 Å². The maximum absolute atomic E-state index is 4.75. The molecule has 136 valence electrons. The van der Waals surface area contributed by atoms with Crippen LogP contribution >= 0.6 is 0 Å². The van der Waals surface area contributed by atoms with E-state index in [-0.39, 0.29) is 0 Å². The number of allylic oxidation sites excluding steroid dienone is 1. The highest BCUT2D eigenvalue weighted by atomic mass is 15.3. The van der Waals surface area contributed by atoms with Gasteiger partial charge < -0.3 is 10.2 Å². The number of rotatable bonds is 4. The van der Waals surface area contributed by atoms with Crippen molar-refractivity contribution in [3.8, 4) is 0 Å². The number of nitrogens with one attached hydrogen (secondary N) is 1. The van der Waals surface area contributed by atoms with Gasteiger partial charge in [0.1, 0.15) is 6.33 Å². The molecule has 0 saturated carbocycles. The molecule has 1 N–H and O–H groups in total. The van der Waals surface area contributed by atoms with Crippen molar-refractivity contribution in [3.63, 3.8) is 0 Å². The quantitative estimate of drug-likeness (QED) is 0.911. The van der Waals surface area contributed by atoms with E-state index in [0.717, 1.165) is 28.6 Å². The molecule has 27 heavy (non-hydrogen) atoms. The Morgan fingerprint density at radius 1 is 1.26 bits per heavy atom. The molecule has 2 aromatic rings. The summed E-state index contributed by atoms with van der Waals surface area (Å²) in [6.45, 7) is 8.88. The molecule has 0 saturated heterocycles. The first kappa shape index (κ1) is 17.2. The van der Waals surface area contributed by atoms with E-state index in [2.05, 4.69) is 46.6 Å². The molecule has 0 radical (unpaired) electrons. The standard InChI is InChI=1S/C22H23N5/c1-15(18-8-7-17-5-4-6-19(17)12-18)13-24-22-26-21(11-16(2)27(22)3)20-9-10-23-14-25-20/h7-12,14H,1-2,4-6,13H2,3H3,(H,24,26). The van der Waals surface area contributed by atoms with Gasteiger partial charge in [0.15, 0.2) is 0 Å². The van der Waals surface area contributed by atoms with Crippen LogP contribution in [0.2, 0.25) is 0 Å². The minimum Gasteiger partial charge on any atom is -0.324 e. The van der Waals surface area contributed by atoms with Crippen molar-refractivity contribution < 1.29 is 0 Å². The van der Waals surface area contributed by atoms with Gasteiger partial charge in [0, 0.05) is 18.9 Å². The Kier molecular flexibility index (Phi) is 4.59. The Labute approximate surface area is 159 Å². The monoisotopic (exact) mass is 357 g/mol. The van der Waals surface area contributed by atoms with Crippen LogP contribution in [0.25, 0.3) is 11.3 Å². The van der Waals surface area contributed by atoms with Crippen molar-refractivity contribution in [1.82, 2.24) is 20.2 Å². The molecule has 0 spiro atoms. The van der Waals surface area contributed by atoms with Gasteiger partial charge in [0.25, 0.3) is 0 Å². The van der Waals surface area contributed by atoms with Crippen LogP contribution in [0.15, 0.2) is 66.7 Å². The molecule has 2 aliphatic rings. The summed E-state index contributed by atoms with van der Waals surface area (Å²) in [5.41, 5.74) is 7.63. The van der Waals surface area contributed by atoms with Gasteiger partial charge in [0.05, 0.1) is 17.9 Å². The molecule has 4 rings (SSSR count). The smallest absolute Gasteiger partial charge is 0.203 e. The number of fused-ring (bicyclic) bond motifs is 1. The molecule has 1 aromatic heterocycles. The van der Waals surface area contributed by atoms with Crippen LogP contribution in [-0.4, -0.2) is 34.4 Å². The average molecular weight is 357 g/mol. The highest BCUT2D eigenvalue weighted by Crippen LogP contribution is 2.26. The molecule has 2 heterocycles. The van der Waals surface area contributed by atoms with E-state index >= 15 is 0 Å². The molecule has 0 amide bonds. The second-order valence-electron chi connectivity index (χ2n) is 6.91. The third kappa shape index (κ3) is 3.53. The molecule has 1 aliphatic carbocycles. The lowest BCUT2D eigenvalue weighted by Gasteiger charge is -2.28. The number of aliphatic imine (C=N–C) groups is 1. The zero-order chi connectivity index (χ0) is 18.8. The number of likely N-dealkylation sites (N-methyl/N-ethyl adjacent to an activating group) is 1. The Bertz CT molecular complexity index is 956. The summed E-state index contributed by atoms with van der Waals surface area (Å²) in [5.74, 6) is 0.735. The van der Waals surface area contributed by atoms with Crippen LogP contribution < -0.4 is 5.32 Å². The summed E-state index contributed by atoms with van der Waals surface area (Å²) < 4.78 is 0. The lowest BCUT2D eigenvalue weighted by atomic mass is 10.0. The van der Waals surface area contributed by atoms with E-state index < -0.39 is 0 Å². The van der Waals surface area contributed by atoms with Crippen LogP contribution in [0.4, 0.5) is 0 Å². The van der Waals surface area contributed by atoms with Crippen molar-refractivity contribution in [3.05, 3.63) is 84.1 Å². The van der Waals surface area contributed by atoms with E-state index in [9.17, 15) is 0 Å². The Balaban J connectivity index is 1.52. The number of aromatic nitrogens is 2. The first-order chi connectivity index (χ1) is 13.1. The number of aryl methyl sites for hydroxylation is 2. The molecular formula is C22H23N5. The number of hydrogen-bond donors (Lipinski definition) is 1. The number of benzene rings is 1. The first-order valence-electron chi connectivity index (χ1n) is 9.14. The minimum absolute atomic E-state index is 0.524. The van der Waals surface area contributed by atoms with Gasteiger partial charge in [-0.15, -0.1) is 0 Å². The maximum Gasteiger partial charge on any atom is 0.203 e. The SMILES string of the molecule is C=C(CN=C1NC(c2ccncn2)=CC(=C)N1C)c1ccc2c(c1)CCC2. The minimum atomic E-state index is 0.524. The average Bonchev–Trinajstić information content (AvgIpc) is 3.17. The predicted molar refractivity (Wildman–Crippen MR) is 110 cm³/mol. The topological polar surface area (TPSA) is 53.4 Å². The van der Waals surface area contributed by atoms with Gasteiger partial charge >= 0.3 is 0 Å². The van der Waals surface area contributed by atoms with Gasteiger partial charge in [-0.05, 0) is 53.7 Å². The van der Waals surface area contributed by atoms with Gasteiger partial charge in [-0.1, -0.05) is 31.4 Å². The largest absolute Gasteiger partial charge is 0.324 e. The molecule has 1 aromatic carbocycles. The second-order valence-corrected chi connectivity index (χ2v) is 6.91. The van der Waals surface area contributed by atoms with Gasteiger partial charge in [-0.25, -0.2) is 15.0 Å². The van der Waals surface area contributed by atoms with Crippen molar-refractivity contribution in [1.29, 1.82) is 0 Å². The fraction of sp³-hybridized carbons (Fsp3) is 0.227. The predicted octanol–water partition coefficient (Wildman–Crippen LogP) is 3.42. The summed E-state index contributed by atoms with van der Waals surface area (Å²) in [7, 11) is 1.94. The zero-order valence-corrected chi connectivity index (χ0v) is 15.6. The summed E-state index contributed by atoms with van der Waals surface area (Å²) >= 11 is 0. The molecule has 1 aliphatic heterocycles. The van der Waals surface area contributed by atoms with Gasteiger partial charge in [-0.3, -0.25) is 0 Å². The third-order valence-corrected chi connectivity index (χ3v) is 5.09. The Morgan fingerprint density at radius 3 is 2.93 bits per heavy atom. The van der Waals surface area contributed by atoms with E-state index in [0.29, 0.717) is 6.54 Å². The Morgan fingerprint density at radius 2 is 2.11 bits per heavy atom. The molecule has 0 fully saturated rings. The second kappa shape index (κ2) is 7.19. The van der Waals surface area contributed by atoms with Crippen LogP contribution in [-0.2, 0) is 12.8 Å². The lowest BCUT2D eigenvalue weighted by Crippen LogP contribution is -2.40. The van der Waals surface area contributed by atoms with Gasteiger partial charge in [0.2, 0.25) is 5.96 Å². The van der Waals surface area contributed by atoms with Crippen LogP contribution in [0, 0.1) is 0 Å². The Hall–Kier alpha value is -3.21. The zero-order valence-electron chi connectivity index (χ0n) is 15.6. The summed E-state index contributed by atoms with van der Waals surface area (Å²) in [6, 6.07) is 8.53. The molecule has 0 unspecified atom stereocenters. The molecular weight excluding hydrogens is 334 g/mol. The molecule has 0 bridgehead atoms. The number of hydrogen-bond acceptors (Lipinski definition) is 3. The summed E-state index contributed by atoms with van der Waals surface area (Å²) in [5, 5.41) is 3.34. The van der Waals surface area contributed by atoms with Crippen molar-refractivity contribution in [2.24, 2.45) is 4.99 Å². The van der Waals surface area contributed by atoms with Crippen molar-refractivity contribution >= 4 is 17.2 Å². The fourth-order valence-corrected chi connectivity index (χ4v) is 3.43. The molecule has 0 atom stereocenters. The normalized spacial score (nSPS) is 17.5. The maximum atomic E-state index is 4.75. The lowest BCUT2D eigenvalue weighted by molar-refractivity contribution is 0.616. The number of nitrogens with zero attached hydrogens (tertiary/aromatic N) is 4. The van der Waals surface area contributed by atoms with Crippen LogP contribution in [0.3, 0.4) is 0 Å². The van der Waals surface area contributed by atoms with Crippen LogP contribution in [0.1, 0.15) is 28.8 Å².